The van der Waals surface area contributed by atoms with Crippen LogP contribution >= 0.6 is 11.8 Å². The predicted octanol–water partition coefficient (Wildman–Crippen LogP) is 6.18. The first kappa shape index (κ1) is 33.4. The Bertz CT molecular complexity index is 1500. The highest BCUT2D eigenvalue weighted by atomic mass is 32.2. The number of sulfonamides is 1. The molecular formula is C34H43N3O5S2. The number of amides is 2. The molecule has 0 radical (unpaired) electrons. The van der Waals surface area contributed by atoms with Gasteiger partial charge in [-0.3, -0.25) is 13.9 Å². The molecule has 2 amide bonds. The highest BCUT2D eigenvalue weighted by molar-refractivity contribution is 7.98. The molecule has 4 rings (SSSR count). The Hall–Kier alpha value is -3.50. The minimum Gasteiger partial charge on any atom is -0.494 e. The van der Waals surface area contributed by atoms with Gasteiger partial charge in [-0.25, -0.2) is 8.42 Å². The maximum atomic E-state index is 14.2. The van der Waals surface area contributed by atoms with Crippen molar-refractivity contribution in [3.63, 3.8) is 0 Å². The van der Waals surface area contributed by atoms with Gasteiger partial charge in [-0.15, -0.1) is 11.8 Å². The molecule has 44 heavy (non-hydrogen) atoms. The molecule has 0 aliphatic heterocycles. The van der Waals surface area contributed by atoms with Crippen LogP contribution in [0.3, 0.4) is 0 Å². The fraction of sp³-hybridized carbons (Fsp3) is 0.412. The van der Waals surface area contributed by atoms with Crippen molar-refractivity contribution in [1.29, 1.82) is 0 Å². The number of carbonyl (C=O) groups is 2. The number of aryl methyl sites for hydroxylation is 1. The normalized spacial score (nSPS) is 14.5. The number of rotatable bonds is 13. The number of hydrogen-bond acceptors (Lipinski definition) is 6. The third kappa shape index (κ3) is 8.35. The molecule has 1 aliphatic rings. The van der Waals surface area contributed by atoms with Crippen LogP contribution in [0.5, 0.6) is 5.75 Å². The minimum absolute atomic E-state index is 0.0746. The molecule has 0 saturated heterocycles. The summed E-state index contributed by atoms with van der Waals surface area (Å²) in [6.45, 7) is 5.70. The summed E-state index contributed by atoms with van der Waals surface area (Å²) < 4.78 is 34.9. The average Bonchev–Trinajstić information content (AvgIpc) is 3.04. The van der Waals surface area contributed by atoms with Crippen LogP contribution in [0.2, 0.25) is 0 Å². The zero-order valence-corrected chi connectivity index (χ0v) is 27.6. The Morgan fingerprint density at radius 1 is 0.977 bits per heavy atom. The summed E-state index contributed by atoms with van der Waals surface area (Å²) >= 11 is 1.51. The topological polar surface area (TPSA) is 96.0 Å². The summed E-state index contributed by atoms with van der Waals surface area (Å²) in [6, 6.07) is 20.2. The van der Waals surface area contributed by atoms with Crippen molar-refractivity contribution in [1.82, 2.24) is 10.2 Å². The largest absolute Gasteiger partial charge is 0.494 e. The van der Waals surface area contributed by atoms with Crippen LogP contribution in [0.15, 0.2) is 82.6 Å². The number of anilines is 1. The van der Waals surface area contributed by atoms with E-state index in [0.717, 1.165) is 52.4 Å². The van der Waals surface area contributed by atoms with E-state index in [1.165, 1.54) is 16.7 Å². The lowest BCUT2D eigenvalue weighted by Crippen LogP contribution is -2.53. The van der Waals surface area contributed by atoms with Gasteiger partial charge in [0.05, 0.1) is 17.2 Å². The van der Waals surface area contributed by atoms with Gasteiger partial charge in [-0.1, -0.05) is 43.5 Å². The minimum atomic E-state index is -4.15. The maximum Gasteiger partial charge on any atom is 0.264 e. The fourth-order valence-corrected chi connectivity index (χ4v) is 7.22. The van der Waals surface area contributed by atoms with Crippen LogP contribution in [-0.4, -0.2) is 56.6 Å². The molecule has 1 saturated carbocycles. The molecule has 0 heterocycles. The molecule has 0 aromatic heterocycles. The molecule has 1 fully saturated rings. The molecule has 1 unspecified atom stereocenters. The second-order valence-corrected chi connectivity index (χ2v) is 13.8. The highest BCUT2D eigenvalue weighted by Gasteiger charge is 2.33. The number of hydrogen-bond donors (Lipinski definition) is 1. The molecule has 1 aliphatic carbocycles. The number of nitrogens with zero attached hydrogens (tertiary/aromatic N) is 2. The highest BCUT2D eigenvalue weighted by Crippen LogP contribution is 2.28. The first-order chi connectivity index (χ1) is 21.1. The second-order valence-electron chi connectivity index (χ2n) is 11.1. The first-order valence-corrected chi connectivity index (χ1v) is 17.8. The Morgan fingerprint density at radius 3 is 2.25 bits per heavy atom. The van der Waals surface area contributed by atoms with Crippen LogP contribution in [0.4, 0.5) is 5.69 Å². The molecule has 10 heteroatoms. The molecule has 236 valence electrons. The van der Waals surface area contributed by atoms with Gasteiger partial charge in [0.15, 0.2) is 0 Å². The molecule has 1 N–H and O–H groups in total. The van der Waals surface area contributed by atoms with E-state index in [1.54, 1.807) is 55.5 Å². The van der Waals surface area contributed by atoms with E-state index in [-0.39, 0.29) is 23.4 Å². The Kier molecular flexibility index (Phi) is 11.7. The van der Waals surface area contributed by atoms with Gasteiger partial charge in [0, 0.05) is 17.5 Å². The van der Waals surface area contributed by atoms with Gasteiger partial charge in [-0.05, 0) is 99.5 Å². The first-order valence-electron chi connectivity index (χ1n) is 15.2. The van der Waals surface area contributed by atoms with Crippen LogP contribution in [0.25, 0.3) is 0 Å². The van der Waals surface area contributed by atoms with Crippen LogP contribution in [0, 0.1) is 6.92 Å². The summed E-state index contributed by atoms with van der Waals surface area (Å²) in [5.74, 6) is -0.113. The third-order valence-electron chi connectivity index (χ3n) is 8.08. The van der Waals surface area contributed by atoms with E-state index in [1.807, 2.05) is 44.4 Å². The molecular weight excluding hydrogens is 595 g/mol. The molecule has 0 spiro atoms. The smallest absolute Gasteiger partial charge is 0.264 e. The van der Waals surface area contributed by atoms with E-state index in [0.29, 0.717) is 18.0 Å². The lowest BCUT2D eigenvalue weighted by atomic mass is 9.95. The predicted molar refractivity (Wildman–Crippen MR) is 177 cm³/mol. The van der Waals surface area contributed by atoms with Gasteiger partial charge in [-0.2, -0.15) is 0 Å². The van der Waals surface area contributed by atoms with E-state index >= 15 is 0 Å². The Labute approximate surface area is 266 Å². The summed E-state index contributed by atoms with van der Waals surface area (Å²) in [6.07, 6.45) is 7.06. The number of thioether (sulfide) groups is 1. The van der Waals surface area contributed by atoms with Crippen molar-refractivity contribution in [2.24, 2.45) is 0 Å². The Balaban J connectivity index is 1.69. The second kappa shape index (κ2) is 15.5. The molecule has 3 aromatic carbocycles. The van der Waals surface area contributed by atoms with Crippen LogP contribution < -0.4 is 14.4 Å². The van der Waals surface area contributed by atoms with Crippen molar-refractivity contribution in [3.05, 3.63) is 83.9 Å². The zero-order chi connectivity index (χ0) is 31.7. The van der Waals surface area contributed by atoms with E-state index in [4.69, 9.17) is 4.74 Å². The van der Waals surface area contributed by atoms with Crippen molar-refractivity contribution in [2.45, 2.75) is 81.3 Å². The van der Waals surface area contributed by atoms with Crippen molar-refractivity contribution in [3.8, 4) is 5.75 Å². The zero-order valence-electron chi connectivity index (χ0n) is 26.0. The lowest BCUT2D eigenvalue weighted by molar-refractivity contribution is -0.139. The number of nitrogens with one attached hydrogen (secondary N) is 1. The number of ether oxygens (including phenoxy) is 1. The van der Waals surface area contributed by atoms with Crippen LogP contribution in [0.1, 0.15) is 57.1 Å². The van der Waals surface area contributed by atoms with Crippen molar-refractivity contribution < 1.29 is 22.7 Å². The van der Waals surface area contributed by atoms with Gasteiger partial charge >= 0.3 is 0 Å². The fourth-order valence-electron chi connectivity index (χ4n) is 5.40. The van der Waals surface area contributed by atoms with Gasteiger partial charge in [0.2, 0.25) is 11.8 Å². The monoisotopic (exact) mass is 637 g/mol. The van der Waals surface area contributed by atoms with E-state index in [9.17, 15) is 18.0 Å². The molecule has 0 bridgehead atoms. The summed E-state index contributed by atoms with van der Waals surface area (Å²) in [5, 5.41) is 3.14. The Morgan fingerprint density at radius 2 is 1.64 bits per heavy atom. The number of carbonyl (C=O) groups excluding carboxylic acids is 2. The molecule has 3 aromatic rings. The summed E-state index contributed by atoms with van der Waals surface area (Å²) in [5.41, 5.74) is 2.20. The maximum absolute atomic E-state index is 14.2. The van der Waals surface area contributed by atoms with Gasteiger partial charge in [0.1, 0.15) is 18.3 Å². The van der Waals surface area contributed by atoms with Crippen molar-refractivity contribution >= 4 is 39.3 Å². The van der Waals surface area contributed by atoms with E-state index < -0.39 is 28.5 Å². The van der Waals surface area contributed by atoms with Gasteiger partial charge < -0.3 is 15.0 Å². The van der Waals surface area contributed by atoms with E-state index in [2.05, 4.69) is 5.32 Å². The van der Waals surface area contributed by atoms with Crippen LogP contribution in [-0.2, 0) is 26.2 Å². The summed E-state index contributed by atoms with van der Waals surface area (Å²) in [4.78, 5) is 30.2. The molecule has 8 nitrogen and oxygen atoms in total. The summed E-state index contributed by atoms with van der Waals surface area (Å²) in [7, 11) is -4.15. The molecule has 1 atom stereocenters. The standard InChI is InChI=1S/C34H43N3O5S2/c1-5-42-30-17-15-29(16-18-30)37(44(40,41)32-21-19-31(43-4)20-22-32)24-33(38)36(23-27-12-10-9-11-25(27)2)26(3)34(39)35-28-13-7-6-8-14-28/h9-12,15-22,26,28H,5-8,13-14,23-24H2,1-4H3,(H,35,39). The van der Waals surface area contributed by atoms with Gasteiger partial charge in [0.25, 0.3) is 10.0 Å². The number of benzene rings is 3. The van der Waals surface area contributed by atoms with Crippen molar-refractivity contribution in [2.75, 3.05) is 23.7 Å². The third-order valence-corrected chi connectivity index (χ3v) is 10.6. The lowest BCUT2D eigenvalue weighted by Gasteiger charge is -2.33. The average molecular weight is 638 g/mol. The SMILES string of the molecule is CCOc1ccc(N(CC(=O)N(Cc2ccccc2C)C(C)C(=O)NC2CCCCC2)S(=O)(=O)c2ccc(SC)cc2)cc1. The quantitative estimate of drug-likeness (QED) is 0.225.